The van der Waals surface area contributed by atoms with Crippen molar-refractivity contribution in [1.82, 2.24) is 5.01 Å². The minimum atomic E-state index is -0.653. The van der Waals surface area contributed by atoms with Crippen molar-refractivity contribution < 1.29 is 14.1 Å². The monoisotopic (exact) mass is 361 g/mol. The van der Waals surface area contributed by atoms with Crippen LogP contribution in [-0.4, -0.2) is 15.6 Å². The summed E-state index contributed by atoms with van der Waals surface area (Å²) in [7, 11) is 0. The number of ether oxygens (including phenoxy) is 1. The first kappa shape index (κ1) is 15.6. The Hall–Kier alpha value is -3.61. The van der Waals surface area contributed by atoms with Gasteiger partial charge in [-0.15, -0.1) is 0 Å². The highest BCUT2D eigenvalue weighted by Crippen LogP contribution is 2.47. The van der Waals surface area contributed by atoms with Crippen LogP contribution < -0.4 is 4.74 Å². The molecule has 0 aliphatic carbocycles. The van der Waals surface area contributed by atoms with Gasteiger partial charge in [0.2, 0.25) is 6.23 Å². The Balaban J connectivity index is 1.59. The molecule has 2 aliphatic rings. The number of para-hydroxylation sites is 1. The van der Waals surface area contributed by atoms with Gasteiger partial charge in [-0.05, 0) is 17.7 Å². The molecule has 7 heteroatoms. The number of furan rings is 1. The van der Waals surface area contributed by atoms with Gasteiger partial charge in [-0.2, -0.15) is 5.10 Å². The molecule has 0 amide bonds. The average molecular weight is 361 g/mol. The van der Waals surface area contributed by atoms with Gasteiger partial charge in [0.05, 0.1) is 17.8 Å². The van der Waals surface area contributed by atoms with Crippen LogP contribution in [-0.2, 0) is 0 Å². The Bertz CT molecular complexity index is 1040. The minimum absolute atomic E-state index is 0.0145. The molecule has 3 aromatic rings. The van der Waals surface area contributed by atoms with E-state index in [9.17, 15) is 10.1 Å². The zero-order valence-corrected chi connectivity index (χ0v) is 14.2. The van der Waals surface area contributed by atoms with Crippen LogP contribution in [0.2, 0.25) is 0 Å². The molecule has 2 atom stereocenters. The maximum atomic E-state index is 11.0. The fourth-order valence-corrected chi connectivity index (χ4v) is 3.60. The molecule has 0 saturated heterocycles. The van der Waals surface area contributed by atoms with Gasteiger partial charge in [0.25, 0.3) is 0 Å². The maximum Gasteiger partial charge on any atom is 0.433 e. The molecule has 0 saturated carbocycles. The summed E-state index contributed by atoms with van der Waals surface area (Å²) in [6.07, 6.45) is 0.0729. The lowest BCUT2D eigenvalue weighted by atomic mass is 9.96. The third kappa shape index (κ3) is 2.55. The highest BCUT2D eigenvalue weighted by atomic mass is 16.7. The summed E-state index contributed by atoms with van der Waals surface area (Å²) in [5.74, 6) is 0.794. The summed E-state index contributed by atoms with van der Waals surface area (Å²) in [4.78, 5) is 10.4. The number of rotatable bonds is 3. The first-order valence-electron chi connectivity index (χ1n) is 8.61. The van der Waals surface area contributed by atoms with Crippen molar-refractivity contribution in [3.05, 3.63) is 93.7 Å². The van der Waals surface area contributed by atoms with Gasteiger partial charge >= 0.3 is 5.88 Å². The smallest absolute Gasteiger partial charge is 0.433 e. The third-order valence-corrected chi connectivity index (χ3v) is 4.84. The van der Waals surface area contributed by atoms with E-state index >= 15 is 0 Å². The molecule has 0 N–H and O–H groups in total. The van der Waals surface area contributed by atoms with Crippen molar-refractivity contribution in [1.29, 1.82) is 0 Å². The van der Waals surface area contributed by atoms with E-state index in [1.165, 1.54) is 6.07 Å². The molecule has 5 rings (SSSR count). The molecular weight excluding hydrogens is 346 g/mol. The largest absolute Gasteiger partial charge is 0.461 e. The summed E-state index contributed by atoms with van der Waals surface area (Å²) in [6, 6.07) is 20.7. The minimum Gasteiger partial charge on any atom is -0.461 e. The molecule has 2 aromatic carbocycles. The van der Waals surface area contributed by atoms with E-state index in [-0.39, 0.29) is 11.9 Å². The highest BCUT2D eigenvalue weighted by Gasteiger charge is 2.42. The average Bonchev–Trinajstić information content (AvgIpc) is 3.36. The lowest BCUT2D eigenvalue weighted by Crippen LogP contribution is -2.33. The quantitative estimate of drug-likeness (QED) is 0.509. The lowest BCUT2D eigenvalue weighted by molar-refractivity contribution is -0.402. The van der Waals surface area contributed by atoms with Gasteiger partial charge < -0.3 is 9.15 Å². The molecule has 134 valence electrons. The number of nitro groups is 1. The Morgan fingerprint density at radius 1 is 1.04 bits per heavy atom. The predicted octanol–water partition coefficient (Wildman–Crippen LogP) is 4.43. The van der Waals surface area contributed by atoms with Crippen LogP contribution in [0.15, 0.2) is 76.2 Å². The van der Waals surface area contributed by atoms with Crippen LogP contribution in [0.4, 0.5) is 5.88 Å². The Morgan fingerprint density at radius 2 is 1.81 bits per heavy atom. The molecule has 7 nitrogen and oxygen atoms in total. The molecule has 0 fully saturated rings. The zero-order chi connectivity index (χ0) is 18.4. The van der Waals surface area contributed by atoms with Gasteiger partial charge in [0.15, 0.2) is 5.76 Å². The highest BCUT2D eigenvalue weighted by molar-refractivity contribution is 6.01. The van der Waals surface area contributed by atoms with Gasteiger partial charge in [0, 0.05) is 12.0 Å². The molecule has 0 spiro atoms. The number of fused-ring (bicyclic) bond motifs is 3. The van der Waals surface area contributed by atoms with Crippen LogP contribution in [0.25, 0.3) is 0 Å². The standard InChI is InChI=1S/C20H15N3O4/c24-23(25)19-11-10-18(26-19)20-22-16(14-8-4-5-9-17(14)27-20)12-15(21-22)13-6-2-1-3-7-13/h1-11,16,20H,12H2/t16-,20-/m1/s1. The molecular formula is C20H15N3O4. The number of hydrogen-bond acceptors (Lipinski definition) is 6. The van der Waals surface area contributed by atoms with E-state index in [1.54, 1.807) is 6.07 Å². The van der Waals surface area contributed by atoms with Crippen LogP contribution in [0.1, 0.15) is 35.6 Å². The van der Waals surface area contributed by atoms with Gasteiger partial charge in [-0.25, -0.2) is 5.01 Å². The van der Waals surface area contributed by atoms with E-state index in [2.05, 4.69) is 0 Å². The molecule has 0 unspecified atom stereocenters. The summed E-state index contributed by atoms with van der Waals surface area (Å²) in [5.41, 5.74) is 3.05. The normalized spacial score (nSPS) is 20.4. The number of hydrogen-bond donors (Lipinski definition) is 0. The second-order valence-electron chi connectivity index (χ2n) is 6.45. The van der Waals surface area contributed by atoms with Crippen molar-refractivity contribution in [2.45, 2.75) is 18.7 Å². The van der Waals surface area contributed by atoms with Crippen LogP contribution in [0, 0.1) is 10.1 Å². The van der Waals surface area contributed by atoms with Crippen molar-refractivity contribution in [2.24, 2.45) is 5.10 Å². The van der Waals surface area contributed by atoms with E-state index < -0.39 is 11.2 Å². The van der Waals surface area contributed by atoms with E-state index in [1.807, 2.05) is 59.6 Å². The van der Waals surface area contributed by atoms with Crippen LogP contribution in [0.3, 0.4) is 0 Å². The van der Waals surface area contributed by atoms with Crippen molar-refractivity contribution in [3.8, 4) is 5.75 Å². The summed E-state index contributed by atoms with van der Waals surface area (Å²) in [6.45, 7) is 0. The molecule has 0 bridgehead atoms. The van der Waals surface area contributed by atoms with Gasteiger partial charge in [-0.1, -0.05) is 48.5 Å². The van der Waals surface area contributed by atoms with E-state index in [4.69, 9.17) is 14.3 Å². The van der Waals surface area contributed by atoms with Gasteiger partial charge in [0.1, 0.15) is 10.7 Å². The fraction of sp³-hybridized carbons (Fsp3) is 0.150. The van der Waals surface area contributed by atoms with Crippen LogP contribution >= 0.6 is 0 Å². The summed E-state index contributed by atoms with van der Waals surface area (Å²) >= 11 is 0. The SMILES string of the molecule is O=[N+]([O-])c1ccc([C@H]2Oc3ccccc3[C@H]3CC(c4ccccc4)=NN32)o1. The van der Waals surface area contributed by atoms with Crippen LogP contribution in [0.5, 0.6) is 5.75 Å². The fourth-order valence-electron chi connectivity index (χ4n) is 3.60. The maximum absolute atomic E-state index is 11.0. The molecule has 1 aromatic heterocycles. The predicted molar refractivity (Wildman–Crippen MR) is 97.3 cm³/mol. The Labute approximate surface area is 154 Å². The Kier molecular flexibility index (Phi) is 3.46. The van der Waals surface area contributed by atoms with E-state index in [0.29, 0.717) is 5.76 Å². The van der Waals surface area contributed by atoms with E-state index in [0.717, 1.165) is 29.0 Å². The van der Waals surface area contributed by atoms with Gasteiger partial charge in [-0.3, -0.25) is 10.1 Å². The van der Waals surface area contributed by atoms with Crippen molar-refractivity contribution in [3.63, 3.8) is 0 Å². The summed E-state index contributed by atoms with van der Waals surface area (Å²) in [5, 5.41) is 17.6. The third-order valence-electron chi connectivity index (χ3n) is 4.84. The lowest BCUT2D eigenvalue weighted by Gasteiger charge is -2.36. The number of hydrazone groups is 1. The molecule has 3 heterocycles. The first-order valence-corrected chi connectivity index (χ1v) is 8.61. The first-order chi connectivity index (χ1) is 13.2. The molecule has 27 heavy (non-hydrogen) atoms. The second kappa shape index (κ2) is 5.98. The number of benzene rings is 2. The molecule has 0 radical (unpaired) electrons. The Morgan fingerprint density at radius 3 is 2.59 bits per heavy atom. The summed E-state index contributed by atoms with van der Waals surface area (Å²) < 4.78 is 11.5. The van der Waals surface area contributed by atoms with Crippen molar-refractivity contribution >= 4 is 11.6 Å². The number of nitrogens with zero attached hydrogens (tertiary/aromatic N) is 3. The second-order valence-corrected chi connectivity index (χ2v) is 6.45. The van der Waals surface area contributed by atoms with Crippen molar-refractivity contribution in [2.75, 3.05) is 0 Å². The topological polar surface area (TPSA) is 81.1 Å². The zero-order valence-electron chi connectivity index (χ0n) is 14.2. The molecule has 2 aliphatic heterocycles.